The maximum Gasteiger partial charge on any atom is 0.335 e. The summed E-state index contributed by atoms with van der Waals surface area (Å²) in [4.78, 5) is 33.8. The Balaban J connectivity index is 2.31. The van der Waals surface area contributed by atoms with E-state index in [0.717, 1.165) is 5.56 Å². The fourth-order valence-electron chi connectivity index (χ4n) is 1.80. The number of carboxylic acid groups (broad SMARTS) is 1. The van der Waals surface area contributed by atoms with Crippen molar-refractivity contribution in [3.05, 3.63) is 69.6 Å². The van der Waals surface area contributed by atoms with Crippen molar-refractivity contribution in [3.63, 3.8) is 0 Å². The number of hydrogen-bond acceptors (Lipinski definition) is 3. The van der Waals surface area contributed by atoms with E-state index in [2.05, 4.69) is 0 Å². The summed E-state index contributed by atoms with van der Waals surface area (Å²) < 4.78 is 1.34. The topological polar surface area (TPSA) is 102 Å². The SMILES string of the molecule is NC(=O)c1cccn(Cc2ccc(C(=O)O)cc2)c1=O. The second kappa shape index (κ2) is 5.40. The van der Waals surface area contributed by atoms with E-state index in [1.165, 1.54) is 22.8 Å². The molecule has 0 unspecified atom stereocenters. The molecule has 0 radical (unpaired) electrons. The standard InChI is InChI=1S/C14H12N2O4/c15-12(17)11-2-1-7-16(13(11)18)8-9-3-5-10(6-4-9)14(19)20/h1-7H,8H2,(H2,15,17)(H,19,20). The van der Waals surface area contributed by atoms with Crippen LogP contribution in [0.5, 0.6) is 0 Å². The Morgan fingerprint density at radius 2 is 1.80 bits per heavy atom. The molecule has 0 aliphatic carbocycles. The third kappa shape index (κ3) is 2.74. The van der Waals surface area contributed by atoms with Crippen LogP contribution >= 0.6 is 0 Å². The number of nitrogens with two attached hydrogens (primary N) is 1. The zero-order valence-corrected chi connectivity index (χ0v) is 10.4. The predicted octanol–water partition coefficient (Wildman–Crippen LogP) is 0.694. The Hall–Kier alpha value is -2.89. The van der Waals surface area contributed by atoms with Crippen LogP contribution in [0, 0.1) is 0 Å². The second-order valence-corrected chi connectivity index (χ2v) is 4.22. The molecule has 1 aromatic carbocycles. The molecule has 1 aromatic heterocycles. The number of primary amides is 1. The van der Waals surface area contributed by atoms with Crippen LogP contribution in [0.4, 0.5) is 0 Å². The average Bonchev–Trinajstić information content (AvgIpc) is 2.41. The molecule has 6 heteroatoms. The molecule has 0 spiro atoms. The van der Waals surface area contributed by atoms with Crippen LogP contribution < -0.4 is 11.3 Å². The van der Waals surface area contributed by atoms with Crippen molar-refractivity contribution < 1.29 is 14.7 Å². The van der Waals surface area contributed by atoms with Crippen LogP contribution in [0.1, 0.15) is 26.3 Å². The van der Waals surface area contributed by atoms with Crippen molar-refractivity contribution in [2.75, 3.05) is 0 Å². The summed E-state index contributed by atoms with van der Waals surface area (Å²) in [6.45, 7) is 0.236. The van der Waals surface area contributed by atoms with Crippen LogP contribution in [0.3, 0.4) is 0 Å². The van der Waals surface area contributed by atoms with Crippen molar-refractivity contribution in [3.8, 4) is 0 Å². The summed E-state index contributed by atoms with van der Waals surface area (Å²) in [5.41, 5.74) is 5.49. The maximum absolute atomic E-state index is 12.0. The number of aromatic nitrogens is 1. The van der Waals surface area contributed by atoms with Crippen LogP contribution in [0.25, 0.3) is 0 Å². The van der Waals surface area contributed by atoms with Gasteiger partial charge in [0.1, 0.15) is 5.56 Å². The molecule has 0 saturated heterocycles. The third-order valence-corrected chi connectivity index (χ3v) is 2.84. The molecule has 3 N–H and O–H groups in total. The van der Waals surface area contributed by atoms with Gasteiger partial charge in [-0.25, -0.2) is 4.79 Å². The molecule has 2 aromatic rings. The van der Waals surface area contributed by atoms with Crippen molar-refractivity contribution in [1.82, 2.24) is 4.57 Å². The number of carboxylic acids is 1. The highest BCUT2D eigenvalue weighted by Gasteiger charge is 2.09. The zero-order valence-electron chi connectivity index (χ0n) is 10.4. The molecular formula is C14H12N2O4. The van der Waals surface area contributed by atoms with Gasteiger partial charge in [-0.1, -0.05) is 12.1 Å². The Bertz CT molecular complexity index is 717. The van der Waals surface area contributed by atoms with Gasteiger partial charge in [-0.05, 0) is 29.8 Å². The highest BCUT2D eigenvalue weighted by atomic mass is 16.4. The van der Waals surface area contributed by atoms with Crippen LogP contribution in [-0.4, -0.2) is 21.6 Å². The molecular weight excluding hydrogens is 260 g/mol. The largest absolute Gasteiger partial charge is 0.478 e. The third-order valence-electron chi connectivity index (χ3n) is 2.84. The molecule has 0 aliphatic rings. The maximum atomic E-state index is 12.0. The van der Waals surface area contributed by atoms with Gasteiger partial charge >= 0.3 is 5.97 Å². The fraction of sp³-hybridized carbons (Fsp3) is 0.0714. The first-order chi connectivity index (χ1) is 9.49. The van der Waals surface area contributed by atoms with Crippen molar-refractivity contribution in [2.24, 2.45) is 5.73 Å². The molecule has 0 fully saturated rings. The number of benzene rings is 1. The Morgan fingerprint density at radius 1 is 1.15 bits per heavy atom. The average molecular weight is 272 g/mol. The molecule has 0 aliphatic heterocycles. The highest BCUT2D eigenvalue weighted by Crippen LogP contribution is 2.06. The minimum Gasteiger partial charge on any atom is -0.478 e. The Morgan fingerprint density at radius 3 is 2.35 bits per heavy atom. The van der Waals surface area contributed by atoms with Gasteiger partial charge < -0.3 is 15.4 Å². The number of rotatable bonds is 4. The molecule has 102 valence electrons. The number of pyridine rings is 1. The first-order valence-electron chi connectivity index (χ1n) is 5.80. The molecule has 0 atom stereocenters. The minimum atomic E-state index is -1.01. The van der Waals surface area contributed by atoms with E-state index in [1.807, 2.05) is 0 Å². The summed E-state index contributed by atoms with van der Waals surface area (Å²) >= 11 is 0. The van der Waals surface area contributed by atoms with E-state index in [9.17, 15) is 14.4 Å². The first kappa shape index (κ1) is 13.5. The molecule has 1 heterocycles. The van der Waals surface area contributed by atoms with Crippen molar-refractivity contribution in [2.45, 2.75) is 6.54 Å². The quantitative estimate of drug-likeness (QED) is 0.854. The van der Waals surface area contributed by atoms with Gasteiger partial charge in [0.25, 0.3) is 11.5 Å². The van der Waals surface area contributed by atoms with Crippen LogP contribution in [0.15, 0.2) is 47.4 Å². The van der Waals surface area contributed by atoms with Gasteiger partial charge in [0.2, 0.25) is 0 Å². The summed E-state index contributed by atoms with van der Waals surface area (Å²) in [6.07, 6.45) is 1.54. The summed E-state index contributed by atoms with van der Waals surface area (Å²) in [6, 6.07) is 9.09. The van der Waals surface area contributed by atoms with Crippen molar-refractivity contribution in [1.29, 1.82) is 0 Å². The van der Waals surface area contributed by atoms with Gasteiger partial charge in [0, 0.05) is 6.20 Å². The van der Waals surface area contributed by atoms with Gasteiger partial charge in [-0.3, -0.25) is 9.59 Å². The zero-order chi connectivity index (χ0) is 14.7. The molecule has 1 amide bonds. The van der Waals surface area contributed by atoms with Gasteiger partial charge in [0.05, 0.1) is 12.1 Å². The number of carbonyl (C=O) groups excluding carboxylic acids is 1. The molecule has 0 bridgehead atoms. The fourth-order valence-corrected chi connectivity index (χ4v) is 1.80. The predicted molar refractivity (Wildman–Crippen MR) is 71.7 cm³/mol. The number of carbonyl (C=O) groups is 2. The normalized spacial score (nSPS) is 10.2. The molecule has 20 heavy (non-hydrogen) atoms. The van der Waals surface area contributed by atoms with E-state index in [4.69, 9.17) is 10.8 Å². The smallest absolute Gasteiger partial charge is 0.335 e. The van der Waals surface area contributed by atoms with E-state index in [0.29, 0.717) is 0 Å². The second-order valence-electron chi connectivity index (χ2n) is 4.22. The van der Waals surface area contributed by atoms with E-state index >= 15 is 0 Å². The Labute approximate surface area is 114 Å². The lowest BCUT2D eigenvalue weighted by molar-refractivity contribution is 0.0696. The Kier molecular flexibility index (Phi) is 3.65. The summed E-state index contributed by atoms with van der Waals surface area (Å²) in [5.74, 6) is -1.78. The molecule has 2 rings (SSSR count). The lowest BCUT2D eigenvalue weighted by Gasteiger charge is -2.07. The van der Waals surface area contributed by atoms with Crippen LogP contribution in [0.2, 0.25) is 0 Å². The number of aromatic carboxylic acids is 1. The highest BCUT2D eigenvalue weighted by molar-refractivity contribution is 5.92. The van der Waals surface area contributed by atoms with E-state index < -0.39 is 17.4 Å². The number of amides is 1. The molecule has 6 nitrogen and oxygen atoms in total. The molecule has 0 saturated carbocycles. The van der Waals surface area contributed by atoms with E-state index in [1.54, 1.807) is 24.4 Å². The van der Waals surface area contributed by atoms with E-state index in [-0.39, 0.29) is 17.7 Å². The van der Waals surface area contributed by atoms with Crippen LogP contribution in [-0.2, 0) is 6.54 Å². The first-order valence-corrected chi connectivity index (χ1v) is 5.80. The lowest BCUT2D eigenvalue weighted by Crippen LogP contribution is -2.29. The number of hydrogen-bond donors (Lipinski definition) is 2. The summed E-state index contributed by atoms with van der Waals surface area (Å²) in [7, 11) is 0. The minimum absolute atomic E-state index is 0.0744. The van der Waals surface area contributed by atoms with Gasteiger partial charge in [0.15, 0.2) is 0 Å². The number of nitrogens with zero attached hydrogens (tertiary/aromatic N) is 1. The van der Waals surface area contributed by atoms with Crippen molar-refractivity contribution >= 4 is 11.9 Å². The lowest BCUT2D eigenvalue weighted by atomic mass is 10.1. The summed E-state index contributed by atoms with van der Waals surface area (Å²) in [5, 5.41) is 8.80. The monoisotopic (exact) mass is 272 g/mol. The van der Waals surface area contributed by atoms with Gasteiger partial charge in [-0.15, -0.1) is 0 Å². The van der Waals surface area contributed by atoms with Gasteiger partial charge in [-0.2, -0.15) is 0 Å².